The maximum atomic E-state index is 13.3. The van der Waals surface area contributed by atoms with Crippen molar-refractivity contribution >= 4 is 23.9 Å². The van der Waals surface area contributed by atoms with Gasteiger partial charge in [-0.2, -0.15) is 0 Å². The highest BCUT2D eigenvalue weighted by molar-refractivity contribution is 5.88. The maximum absolute atomic E-state index is 13.3. The number of benzene rings is 2. The van der Waals surface area contributed by atoms with E-state index in [2.05, 4.69) is 16.2 Å². The molecule has 9 heteroatoms. The number of esters is 1. The highest BCUT2D eigenvalue weighted by Crippen LogP contribution is 2.28. The predicted molar refractivity (Wildman–Crippen MR) is 153 cm³/mol. The molecule has 0 unspecified atom stereocenters. The minimum atomic E-state index is -0.758. The normalized spacial score (nSPS) is 12.7. The second kappa shape index (κ2) is 16.3. The Labute approximate surface area is 237 Å². The summed E-state index contributed by atoms with van der Waals surface area (Å²) >= 11 is 0. The summed E-state index contributed by atoms with van der Waals surface area (Å²) in [7, 11) is 0. The molecule has 2 rings (SSSR count). The van der Waals surface area contributed by atoms with Crippen LogP contribution < -0.4 is 16.2 Å². The molecule has 3 amide bonds. The number of alkyl carbamates (subject to hydrolysis) is 1. The number of carbonyl (C=O) groups is 4. The lowest BCUT2D eigenvalue weighted by Gasteiger charge is -2.29. The van der Waals surface area contributed by atoms with Gasteiger partial charge in [-0.25, -0.2) is 4.79 Å². The number of carbonyl (C=O) groups excluding carboxylic acids is 4. The number of hydrazine groups is 1. The summed E-state index contributed by atoms with van der Waals surface area (Å²) < 4.78 is 10.8. The number of hydrogen-bond donors (Lipinski definition) is 3. The van der Waals surface area contributed by atoms with E-state index in [0.717, 1.165) is 17.5 Å². The van der Waals surface area contributed by atoms with E-state index in [1.165, 1.54) is 0 Å². The fraction of sp³-hybridized carbons (Fsp3) is 0.484. The number of rotatable bonds is 13. The van der Waals surface area contributed by atoms with Gasteiger partial charge in [-0.05, 0) is 63.5 Å². The third-order valence-corrected chi connectivity index (χ3v) is 6.01. The molecule has 0 aromatic heterocycles. The molecule has 2 aromatic rings. The Hall–Kier alpha value is -3.88. The van der Waals surface area contributed by atoms with Crippen LogP contribution in [-0.2, 0) is 36.9 Å². The zero-order valence-electron chi connectivity index (χ0n) is 24.2. The van der Waals surface area contributed by atoms with Crippen LogP contribution in [0, 0.1) is 17.8 Å². The molecule has 0 aliphatic heterocycles. The van der Waals surface area contributed by atoms with Crippen LogP contribution in [0.1, 0.15) is 65.0 Å². The molecule has 218 valence electrons. The summed E-state index contributed by atoms with van der Waals surface area (Å²) in [5, 5.41) is 2.35. The van der Waals surface area contributed by atoms with Crippen LogP contribution >= 0.6 is 0 Å². The number of aryl methyl sites for hydroxylation is 1. The Morgan fingerprint density at radius 1 is 0.825 bits per heavy atom. The van der Waals surface area contributed by atoms with Crippen LogP contribution in [0.25, 0.3) is 0 Å². The lowest BCUT2D eigenvalue weighted by atomic mass is 9.81. The molecular weight excluding hydrogens is 510 g/mol. The predicted octanol–water partition coefficient (Wildman–Crippen LogP) is 4.70. The first kappa shape index (κ1) is 32.3. The van der Waals surface area contributed by atoms with Crippen LogP contribution in [0.3, 0.4) is 0 Å². The fourth-order valence-corrected chi connectivity index (χ4v) is 4.19. The molecule has 0 radical (unpaired) electrons. The number of hydrogen-bond acceptors (Lipinski definition) is 6. The third kappa shape index (κ3) is 12.8. The quantitative estimate of drug-likeness (QED) is 0.244. The van der Waals surface area contributed by atoms with Gasteiger partial charge in [-0.15, -0.1) is 0 Å². The monoisotopic (exact) mass is 553 g/mol. The minimum absolute atomic E-state index is 0.0677. The van der Waals surface area contributed by atoms with E-state index >= 15 is 0 Å². The number of amides is 3. The summed E-state index contributed by atoms with van der Waals surface area (Å²) in [5.74, 6) is -2.83. The van der Waals surface area contributed by atoms with Gasteiger partial charge in [-0.1, -0.05) is 74.5 Å². The van der Waals surface area contributed by atoms with E-state index in [1.807, 2.05) is 74.5 Å². The number of nitrogens with one attached hydrogen (secondary N) is 3. The summed E-state index contributed by atoms with van der Waals surface area (Å²) in [6.07, 6.45) is 1.58. The van der Waals surface area contributed by atoms with Crippen LogP contribution in [0.2, 0.25) is 0 Å². The molecule has 0 aliphatic carbocycles. The van der Waals surface area contributed by atoms with Gasteiger partial charge in [-0.3, -0.25) is 25.2 Å². The van der Waals surface area contributed by atoms with Crippen molar-refractivity contribution in [1.29, 1.82) is 0 Å². The van der Waals surface area contributed by atoms with Gasteiger partial charge in [0.15, 0.2) is 0 Å². The fourth-order valence-electron chi connectivity index (χ4n) is 4.19. The smallest absolute Gasteiger partial charge is 0.407 e. The van der Waals surface area contributed by atoms with Gasteiger partial charge in [0, 0.05) is 0 Å². The molecule has 0 fully saturated rings. The van der Waals surface area contributed by atoms with Crippen LogP contribution in [0.4, 0.5) is 4.79 Å². The second-order valence-electron chi connectivity index (χ2n) is 11.2. The highest BCUT2D eigenvalue weighted by Gasteiger charge is 2.36. The first-order chi connectivity index (χ1) is 18.9. The van der Waals surface area contributed by atoms with Gasteiger partial charge >= 0.3 is 12.1 Å². The van der Waals surface area contributed by atoms with Crippen molar-refractivity contribution < 1.29 is 28.7 Å². The van der Waals surface area contributed by atoms with Gasteiger partial charge in [0.2, 0.25) is 5.91 Å². The Morgan fingerprint density at radius 2 is 1.43 bits per heavy atom. The molecule has 0 spiro atoms. The lowest BCUT2D eigenvalue weighted by molar-refractivity contribution is -0.164. The van der Waals surface area contributed by atoms with E-state index in [-0.39, 0.29) is 12.5 Å². The van der Waals surface area contributed by atoms with Gasteiger partial charge in [0.05, 0.1) is 11.8 Å². The summed E-state index contributed by atoms with van der Waals surface area (Å²) in [6, 6.07) is 19.1. The second-order valence-corrected chi connectivity index (χ2v) is 11.2. The molecule has 0 bridgehead atoms. The SMILES string of the molecule is CC(C)C[C@@H](C(=O)NNC(=O)CNC(=O)OCc1ccccc1)[C@H](CCCc1ccccc1)C(=O)OC(C)(C)C. The average Bonchev–Trinajstić information content (AvgIpc) is 2.90. The molecule has 0 saturated heterocycles. The van der Waals surface area contributed by atoms with Crippen LogP contribution in [0.15, 0.2) is 60.7 Å². The molecule has 9 nitrogen and oxygen atoms in total. The van der Waals surface area contributed by atoms with Crippen molar-refractivity contribution in [3.8, 4) is 0 Å². The molecule has 2 atom stereocenters. The molecule has 0 aliphatic rings. The van der Waals surface area contributed by atoms with Gasteiger partial charge in [0.1, 0.15) is 18.8 Å². The minimum Gasteiger partial charge on any atom is -0.460 e. The Kier molecular flexibility index (Phi) is 13.2. The molecule has 40 heavy (non-hydrogen) atoms. The molecule has 3 N–H and O–H groups in total. The first-order valence-electron chi connectivity index (χ1n) is 13.7. The van der Waals surface area contributed by atoms with E-state index in [0.29, 0.717) is 19.3 Å². The highest BCUT2D eigenvalue weighted by atomic mass is 16.6. The Bertz CT molecular complexity index is 1080. The van der Waals surface area contributed by atoms with Crippen molar-refractivity contribution in [3.05, 3.63) is 71.8 Å². The topological polar surface area (TPSA) is 123 Å². The first-order valence-corrected chi connectivity index (χ1v) is 13.7. The maximum Gasteiger partial charge on any atom is 0.407 e. The summed E-state index contributed by atoms with van der Waals surface area (Å²) in [6.45, 7) is 9.00. The van der Waals surface area contributed by atoms with Gasteiger partial charge < -0.3 is 14.8 Å². The summed E-state index contributed by atoms with van der Waals surface area (Å²) in [5.41, 5.74) is 6.02. The molecule has 0 heterocycles. The Balaban J connectivity index is 1.97. The molecule has 2 aromatic carbocycles. The standard InChI is InChI=1S/C31H43N3O6/c1-22(2)19-26(25(29(37)40-31(3,4)5)18-12-17-23-13-8-6-9-14-23)28(36)34-33-27(35)20-32-30(38)39-21-24-15-10-7-11-16-24/h6-11,13-16,22,25-26H,12,17-21H2,1-5H3,(H,32,38)(H,33,35)(H,34,36)/t25-,26+/m0/s1. The van der Waals surface area contributed by atoms with E-state index in [1.54, 1.807) is 20.8 Å². The number of ether oxygens (including phenoxy) is 2. The van der Waals surface area contributed by atoms with Gasteiger partial charge in [0.25, 0.3) is 5.91 Å². The van der Waals surface area contributed by atoms with Crippen molar-refractivity contribution in [2.75, 3.05) is 6.54 Å². The summed E-state index contributed by atoms with van der Waals surface area (Å²) in [4.78, 5) is 50.8. The van der Waals surface area contributed by atoms with Crippen LogP contribution in [0.5, 0.6) is 0 Å². The Morgan fingerprint density at radius 3 is 2.00 bits per heavy atom. The van der Waals surface area contributed by atoms with Crippen molar-refractivity contribution in [1.82, 2.24) is 16.2 Å². The molecular formula is C31H43N3O6. The van der Waals surface area contributed by atoms with E-state index in [4.69, 9.17) is 9.47 Å². The molecule has 0 saturated carbocycles. The van der Waals surface area contributed by atoms with Crippen molar-refractivity contribution in [3.63, 3.8) is 0 Å². The van der Waals surface area contributed by atoms with E-state index in [9.17, 15) is 19.2 Å². The zero-order chi connectivity index (χ0) is 29.5. The zero-order valence-corrected chi connectivity index (χ0v) is 24.2. The van der Waals surface area contributed by atoms with Crippen molar-refractivity contribution in [2.45, 2.75) is 72.5 Å². The average molecular weight is 554 g/mol. The largest absolute Gasteiger partial charge is 0.460 e. The van der Waals surface area contributed by atoms with Crippen molar-refractivity contribution in [2.24, 2.45) is 17.8 Å². The third-order valence-electron chi connectivity index (χ3n) is 6.01. The van der Waals surface area contributed by atoms with Crippen LogP contribution in [-0.4, -0.2) is 36.0 Å². The van der Waals surface area contributed by atoms with E-state index < -0.39 is 47.9 Å². The lowest BCUT2D eigenvalue weighted by Crippen LogP contribution is -2.50.